The second kappa shape index (κ2) is 2.87. The molecule has 0 fully saturated rings. The highest BCUT2D eigenvalue weighted by Gasteiger charge is 2.38. The van der Waals surface area contributed by atoms with Crippen molar-refractivity contribution in [2.75, 3.05) is 0 Å². The van der Waals surface area contributed by atoms with Crippen LogP contribution < -0.4 is 5.73 Å². The Hall–Kier alpha value is -0.780. The largest absolute Gasteiger partial charge is 0.414 e. The van der Waals surface area contributed by atoms with Gasteiger partial charge < -0.3 is 10.8 Å². The molecule has 0 aromatic heterocycles. The van der Waals surface area contributed by atoms with Crippen molar-refractivity contribution in [3.8, 4) is 0 Å². The highest BCUT2D eigenvalue weighted by atomic mass is 19.4. The van der Waals surface area contributed by atoms with E-state index >= 15 is 0 Å². The Bertz CT molecular complexity index is 133. The fraction of sp³-hybridized carbons (Fsp3) is 0.750. The number of alkyl halides is 3. The molecule has 0 aliphatic heterocycles. The lowest BCUT2D eigenvalue weighted by molar-refractivity contribution is -0.205. The third kappa shape index (κ3) is 3.29. The van der Waals surface area contributed by atoms with Crippen molar-refractivity contribution < 1.29 is 23.1 Å². The van der Waals surface area contributed by atoms with Crippen molar-refractivity contribution in [1.82, 2.24) is 0 Å². The number of rotatable bonds is 2. The van der Waals surface area contributed by atoms with Crippen LogP contribution in [0, 0.1) is 0 Å². The van der Waals surface area contributed by atoms with Crippen molar-refractivity contribution >= 4 is 5.91 Å². The third-order valence-corrected chi connectivity index (χ3v) is 0.772. The molecule has 0 aliphatic carbocycles. The van der Waals surface area contributed by atoms with Crippen LogP contribution in [-0.4, -0.2) is 23.3 Å². The van der Waals surface area contributed by atoms with Gasteiger partial charge in [-0.3, -0.25) is 4.79 Å². The number of aliphatic hydroxyl groups excluding tert-OH is 1. The molecule has 0 saturated carbocycles. The Morgan fingerprint density at radius 2 is 2.00 bits per heavy atom. The summed E-state index contributed by atoms with van der Waals surface area (Å²) in [6, 6.07) is 0. The number of aliphatic hydroxyl groups is 1. The summed E-state index contributed by atoms with van der Waals surface area (Å²) in [7, 11) is 0. The zero-order valence-corrected chi connectivity index (χ0v) is 4.85. The normalized spacial score (nSPS) is 14.8. The van der Waals surface area contributed by atoms with Crippen molar-refractivity contribution in [2.45, 2.75) is 18.7 Å². The van der Waals surface area contributed by atoms with Gasteiger partial charge in [-0.15, -0.1) is 0 Å². The summed E-state index contributed by atoms with van der Waals surface area (Å²) in [5, 5.41) is 8.13. The molecule has 0 heterocycles. The smallest absolute Gasteiger partial charge is 0.383 e. The minimum atomic E-state index is -4.75. The molecule has 0 aromatic rings. The van der Waals surface area contributed by atoms with Crippen LogP contribution in [0.15, 0.2) is 0 Å². The molecule has 0 aliphatic rings. The highest BCUT2D eigenvalue weighted by Crippen LogP contribution is 2.21. The van der Waals surface area contributed by atoms with Crippen LogP contribution in [0.4, 0.5) is 13.2 Å². The predicted octanol–water partition coefficient (Wildman–Crippen LogP) is -0.215. The van der Waals surface area contributed by atoms with Crippen molar-refractivity contribution in [2.24, 2.45) is 5.73 Å². The molecule has 3 N–H and O–H groups in total. The van der Waals surface area contributed by atoms with Gasteiger partial charge in [0.25, 0.3) is 0 Å². The molecule has 60 valence electrons. The van der Waals surface area contributed by atoms with Gasteiger partial charge in [-0.05, 0) is 0 Å². The minimum absolute atomic E-state index is 1.08. The van der Waals surface area contributed by atoms with Crippen LogP contribution >= 0.6 is 0 Å². The van der Waals surface area contributed by atoms with Crippen LogP contribution in [0.25, 0.3) is 0 Å². The average Bonchev–Trinajstić information content (AvgIpc) is 1.60. The van der Waals surface area contributed by atoms with Gasteiger partial charge in [-0.1, -0.05) is 0 Å². The van der Waals surface area contributed by atoms with Crippen molar-refractivity contribution in [1.29, 1.82) is 0 Å². The van der Waals surface area contributed by atoms with Crippen molar-refractivity contribution in [3.05, 3.63) is 0 Å². The number of halogens is 3. The van der Waals surface area contributed by atoms with E-state index in [-0.39, 0.29) is 0 Å². The summed E-state index contributed by atoms with van der Waals surface area (Å²) >= 11 is 0. The lowest BCUT2D eigenvalue weighted by Crippen LogP contribution is -2.32. The molecule has 0 spiro atoms. The maximum atomic E-state index is 11.4. The first-order chi connectivity index (χ1) is 4.34. The Balaban J connectivity index is 3.85. The lowest BCUT2D eigenvalue weighted by atomic mass is 10.2. The van der Waals surface area contributed by atoms with E-state index < -0.39 is 24.6 Å². The van der Waals surface area contributed by atoms with E-state index in [1.807, 2.05) is 0 Å². The zero-order valence-electron chi connectivity index (χ0n) is 4.85. The van der Waals surface area contributed by atoms with Crippen LogP contribution in [-0.2, 0) is 4.79 Å². The van der Waals surface area contributed by atoms with Gasteiger partial charge in [0.05, 0.1) is 6.42 Å². The van der Waals surface area contributed by atoms with Gasteiger partial charge in [-0.2, -0.15) is 13.2 Å². The number of primary amides is 1. The monoisotopic (exact) mass is 157 g/mol. The summed E-state index contributed by atoms with van der Waals surface area (Å²) in [4.78, 5) is 9.82. The maximum absolute atomic E-state index is 11.4. The molecule has 0 bridgehead atoms. The van der Waals surface area contributed by atoms with E-state index in [2.05, 4.69) is 5.73 Å². The number of carbonyl (C=O) groups is 1. The number of hydrogen-bond donors (Lipinski definition) is 2. The standard InChI is InChI=1S/C4H6F3NO2/c5-4(6,7)2(9)1-3(8)10/h2,9H,1H2,(H2,8,10)/t2-/m0/s1. The summed E-state index contributed by atoms with van der Waals surface area (Å²) < 4.78 is 34.1. The Labute approximate surface area is 54.6 Å². The van der Waals surface area contributed by atoms with E-state index in [9.17, 15) is 18.0 Å². The molecule has 0 aromatic carbocycles. The fourth-order valence-corrected chi connectivity index (χ4v) is 0.306. The summed E-state index contributed by atoms with van der Waals surface area (Å²) in [5.74, 6) is -1.18. The van der Waals surface area contributed by atoms with Crippen LogP contribution in [0.3, 0.4) is 0 Å². The topological polar surface area (TPSA) is 63.3 Å². The summed E-state index contributed by atoms with van der Waals surface area (Å²) in [5.41, 5.74) is 4.39. The molecular weight excluding hydrogens is 151 g/mol. The number of amides is 1. The Morgan fingerprint density at radius 3 is 2.10 bits per heavy atom. The Morgan fingerprint density at radius 1 is 1.60 bits per heavy atom. The van der Waals surface area contributed by atoms with Gasteiger partial charge >= 0.3 is 6.18 Å². The number of carbonyl (C=O) groups excluding carboxylic acids is 1. The van der Waals surface area contributed by atoms with Gasteiger partial charge in [0.15, 0.2) is 6.10 Å². The first-order valence-corrected chi connectivity index (χ1v) is 2.37. The zero-order chi connectivity index (χ0) is 8.36. The molecular formula is C4H6F3NO2. The van der Waals surface area contributed by atoms with E-state index in [1.165, 1.54) is 0 Å². The van der Waals surface area contributed by atoms with E-state index in [1.54, 1.807) is 0 Å². The van der Waals surface area contributed by atoms with Gasteiger partial charge in [-0.25, -0.2) is 0 Å². The summed E-state index contributed by atoms with van der Waals surface area (Å²) in [6.45, 7) is 0. The lowest BCUT2D eigenvalue weighted by Gasteiger charge is -2.11. The first-order valence-electron chi connectivity index (χ1n) is 2.37. The quantitative estimate of drug-likeness (QED) is 0.582. The number of hydrogen-bond acceptors (Lipinski definition) is 2. The van der Waals surface area contributed by atoms with Gasteiger partial charge in [0, 0.05) is 0 Å². The SMILES string of the molecule is NC(=O)C[C@H](O)C(F)(F)F. The van der Waals surface area contributed by atoms with E-state index in [4.69, 9.17) is 5.11 Å². The van der Waals surface area contributed by atoms with Gasteiger partial charge in [0.2, 0.25) is 5.91 Å². The first kappa shape index (κ1) is 9.22. The second-order valence-corrected chi connectivity index (χ2v) is 1.73. The molecule has 10 heavy (non-hydrogen) atoms. The molecule has 0 unspecified atom stereocenters. The minimum Gasteiger partial charge on any atom is -0.383 e. The molecule has 3 nitrogen and oxygen atoms in total. The average molecular weight is 157 g/mol. The second-order valence-electron chi connectivity index (χ2n) is 1.73. The van der Waals surface area contributed by atoms with E-state index in [0.717, 1.165) is 0 Å². The third-order valence-electron chi connectivity index (χ3n) is 0.772. The predicted molar refractivity (Wildman–Crippen MR) is 25.9 cm³/mol. The van der Waals surface area contributed by atoms with Crippen LogP contribution in [0.2, 0.25) is 0 Å². The summed E-state index contributed by atoms with van der Waals surface area (Å²) in [6.07, 6.45) is -8.47. The Kier molecular flexibility index (Phi) is 2.65. The van der Waals surface area contributed by atoms with Gasteiger partial charge in [0.1, 0.15) is 0 Å². The van der Waals surface area contributed by atoms with Crippen LogP contribution in [0.1, 0.15) is 6.42 Å². The molecule has 6 heteroatoms. The maximum Gasteiger partial charge on any atom is 0.414 e. The number of nitrogens with two attached hydrogens (primary N) is 1. The van der Waals surface area contributed by atoms with E-state index in [0.29, 0.717) is 0 Å². The molecule has 1 amide bonds. The molecule has 1 atom stereocenters. The molecule has 0 rings (SSSR count). The fourth-order valence-electron chi connectivity index (χ4n) is 0.306. The molecule has 0 radical (unpaired) electrons. The molecule has 0 saturated heterocycles. The van der Waals surface area contributed by atoms with Crippen molar-refractivity contribution in [3.63, 3.8) is 0 Å². The highest BCUT2D eigenvalue weighted by molar-refractivity contribution is 5.74. The van der Waals surface area contributed by atoms with Crippen LogP contribution in [0.5, 0.6) is 0 Å².